The third-order valence-corrected chi connectivity index (χ3v) is 3.52. The molecule has 0 aliphatic heterocycles. The molecule has 0 aromatic carbocycles. The summed E-state index contributed by atoms with van der Waals surface area (Å²) in [6.45, 7) is 6.66. The summed E-state index contributed by atoms with van der Waals surface area (Å²) in [5.74, 6) is 0.761. The van der Waals surface area contributed by atoms with Crippen LogP contribution in [0, 0.1) is 0 Å². The lowest BCUT2D eigenvalue weighted by Crippen LogP contribution is -2.26. The fraction of sp³-hybridized carbons (Fsp3) is 0.714. The molecule has 0 fully saturated rings. The van der Waals surface area contributed by atoms with Gasteiger partial charge < -0.3 is 10.5 Å². The van der Waals surface area contributed by atoms with E-state index in [4.69, 9.17) is 15.5 Å². The van der Waals surface area contributed by atoms with Crippen LogP contribution in [0.5, 0.6) is 0 Å². The Kier molecular flexibility index (Phi) is 3.97. The zero-order chi connectivity index (χ0) is 13.2. The summed E-state index contributed by atoms with van der Waals surface area (Å²) < 4.78 is 5.71. The largest absolute Gasteiger partial charge is 0.368 e. The van der Waals surface area contributed by atoms with Crippen molar-refractivity contribution in [2.75, 3.05) is 6.61 Å². The third-order valence-electron chi connectivity index (χ3n) is 3.52. The highest BCUT2D eigenvalue weighted by Gasteiger charge is 2.26. The Morgan fingerprint density at radius 1 is 1.44 bits per heavy atom. The van der Waals surface area contributed by atoms with E-state index < -0.39 is 5.60 Å². The lowest BCUT2D eigenvalue weighted by molar-refractivity contribution is -0.0210. The second-order valence-electron chi connectivity index (χ2n) is 5.39. The summed E-state index contributed by atoms with van der Waals surface area (Å²) >= 11 is 0. The van der Waals surface area contributed by atoms with Crippen LogP contribution < -0.4 is 5.73 Å². The van der Waals surface area contributed by atoms with Gasteiger partial charge in [0, 0.05) is 30.1 Å². The summed E-state index contributed by atoms with van der Waals surface area (Å²) in [4.78, 5) is 9.16. The number of hydrogen-bond donors (Lipinski definition) is 1. The molecule has 100 valence electrons. The molecule has 4 heteroatoms. The molecule has 1 aromatic rings. The van der Waals surface area contributed by atoms with Crippen molar-refractivity contribution >= 4 is 0 Å². The maximum absolute atomic E-state index is 6.15. The van der Waals surface area contributed by atoms with E-state index in [9.17, 15) is 0 Å². The third kappa shape index (κ3) is 2.70. The molecule has 0 saturated heterocycles. The second-order valence-corrected chi connectivity index (χ2v) is 5.39. The van der Waals surface area contributed by atoms with Crippen LogP contribution in [0.25, 0.3) is 0 Å². The smallest absolute Gasteiger partial charge is 0.159 e. The van der Waals surface area contributed by atoms with E-state index in [0.717, 1.165) is 36.3 Å². The maximum Gasteiger partial charge on any atom is 0.159 e. The van der Waals surface area contributed by atoms with Gasteiger partial charge in [0.1, 0.15) is 5.60 Å². The zero-order valence-electron chi connectivity index (χ0n) is 11.6. The normalized spacial score (nSPS) is 20.3. The minimum Gasteiger partial charge on any atom is -0.368 e. The first-order valence-corrected chi connectivity index (χ1v) is 6.80. The first-order chi connectivity index (χ1) is 8.54. The van der Waals surface area contributed by atoms with Crippen molar-refractivity contribution in [2.45, 2.75) is 58.1 Å². The Bertz CT molecular complexity index is 418. The fourth-order valence-corrected chi connectivity index (χ4v) is 2.46. The Labute approximate surface area is 109 Å². The molecule has 0 amide bonds. The minimum absolute atomic E-state index is 0.0896. The predicted octanol–water partition coefficient (Wildman–Crippen LogP) is 2.47. The number of nitrogens with zero attached hydrogens (tertiary/aromatic N) is 2. The van der Waals surface area contributed by atoms with Crippen molar-refractivity contribution in [1.82, 2.24) is 9.97 Å². The molecule has 0 spiro atoms. The number of hydrogen-bond acceptors (Lipinski definition) is 4. The summed E-state index contributed by atoms with van der Waals surface area (Å²) in [5.41, 5.74) is 7.95. The maximum atomic E-state index is 6.15. The summed E-state index contributed by atoms with van der Waals surface area (Å²) in [6.07, 6.45) is 6.26. The van der Waals surface area contributed by atoms with Crippen molar-refractivity contribution in [3.05, 3.63) is 23.3 Å². The minimum atomic E-state index is -0.430. The van der Waals surface area contributed by atoms with E-state index >= 15 is 0 Å². The van der Waals surface area contributed by atoms with Gasteiger partial charge >= 0.3 is 0 Å². The average molecular weight is 249 g/mol. The molecule has 1 atom stereocenters. The van der Waals surface area contributed by atoms with E-state index in [1.807, 2.05) is 27.0 Å². The number of aryl methyl sites for hydroxylation is 1. The summed E-state index contributed by atoms with van der Waals surface area (Å²) in [6, 6.07) is 0.0896. The molecule has 1 aliphatic carbocycles. The molecule has 0 saturated carbocycles. The van der Waals surface area contributed by atoms with E-state index in [1.165, 1.54) is 6.42 Å². The van der Waals surface area contributed by atoms with Gasteiger partial charge in [0.05, 0.1) is 0 Å². The SMILES string of the molecule is CCOC(C)(C)c1ncc2c(n1)CCCCC2N. The molecule has 1 unspecified atom stereocenters. The summed E-state index contributed by atoms with van der Waals surface area (Å²) in [5, 5.41) is 0. The molecule has 2 rings (SSSR count). The van der Waals surface area contributed by atoms with Crippen molar-refractivity contribution in [3.63, 3.8) is 0 Å². The van der Waals surface area contributed by atoms with Crippen molar-refractivity contribution in [2.24, 2.45) is 5.73 Å². The highest BCUT2D eigenvalue weighted by molar-refractivity contribution is 5.24. The monoisotopic (exact) mass is 249 g/mol. The van der Waals surface area contributed by atoms with Gasteiger partial charge in [-0.1, -0.05) is 6.42 Å². The summed E-state index contributed by atoms with van der Waals surface area (Å²) in [7, 11) is 0. The molecule has 2 N–H and O–H groups in total. The van der Waals surface area contributed by atoms with Gasteiger partial charge in [-0.25, -0.2) is 9.97 Å². The molecule has 0 radical (unpaired) electrons. The van der Waals surface area contributed by atoms with Gasteiger partial charge in [0.25, 0.3) is 0 Å². The van der Waals surface area contributed by atoms with Crippen molar-refractivity contribution in [1.29, 1.82) is 0 Å². The molecule has 1 aliphatic rings. The molecule has 0 bridgehead atoms. The second kappa shape index (κ2) is 5.33. The van der Waals surface area contributed by atoms with Gasteiger partial charge in [-0.2, -0.15) is 0 Å². The molecule has 1 aromatic heterocycles. The van der Waals surface area contributed by atoms with E-state index in [2.05, 4.69) is 4.98 Å². The van der Waals surface area contributed by atoms with E-state index in [1.54, 1.807) is 0 Å². The van der Waals surface area contributed by atoms with Crippen LogP contribution in [0.15, 0.2) is 6.20 Å². The Hall–Kier alpha value is -1.00. The quantitative estimate of drug-likeness (QED) is 0.836. The average Bonchev–Trinajstić information content (AvgIpc) is 2.51. The van der Waals surface area contributed by atoms with Crippen molar-refractivity contribution in [3.8, 4) is 0 Å². The topological polar surface area (TPSA) is 61.0 Å². The van der Waals surface area contributed by atoms with Crippen LogP contribution in [0.1, 0.15) is 63.2 Å². The Morgan fingerprint density at radius 3 is 2.94 bits per heavy atom. The first kappa shape index (κ1) is 13.4. The molecule has 18 heavy (non-hydrogen) atoms. The standard InChI is InChI=1S/C14H23N3O/c1-4-18-14(2,3)13-16-9-10-11(15)7-5-6-8-12(10)17-13/h9,11H,4-8,15H2,1-3H3. The Balaban J connectivity index is 2.34. The highest BCUT2D eigenvalue weighted by Crippen LogP contribution is 2.28. The van der Waals surface area contributed by atoms with E-state index in [0.29, 0.717) is 6.61 Å². The van der Waals surface area contributed by atoms with Crippen LogP contribution >= 0.6 is 0 Å². The number of rotatable bonds is 3. The van der Waals surface area contributed by atoms with Gasteiger partial charge in [-0.05, 0) is 40.0 Å². The number of fused-ring (bicyclic) bond motifs is 1. The van der Waals surface area contributed by atoms with E-state index in [-0.39, 0.29) is 6.04 Å². The van der Waals surface area contributed by atoms with Crippen LogP contribution in [0.2, 0.25) is 0 Å². The van der Waals surface area contributed by atoms with Gasteiger partial charge in [0.2, 0.25) is 0 Å². The highest BCUT2D eigenvalue weighted by atomic mass is 16.5. The molecule has 4 nitrogen and oxygen atoms in total. The predicted molar refractivity (Wildman–Crippen MR) is 71.2 cm³/mol. The van der Waals surface area contributed by atoms with Crippen LogP contribution in [0.4, 0.5) is 0 Å². The molecular formula is C14H23N3O. The van der Waals surface area contributed by atoms with Crippen molar-refractivity contribution < 1.29 is 4.74 Å². The van der Waals surface area contributed by atoms with Crippen LogP contribution in [-0.4, -0.2) is 16.6 Å². The fourth-order valence-electron chi connectivity index (χ4n) is 2.46. The zero-order valence-corrected chi connectivity index (χ0v) is 11.6. The first-order valence-electron chi connectivity index (χ1n) is 6.80. The lowest BCUT2D eigenvalue weighted by atomic mass is 10.0. The number of aromatic nitrogens is 2. The number of nitrogens with two attached hydrogens (primary N) is 1. The van der Waals surface area contributed by atoms with Crippen LogP contribution in [0.3, 0.4) is 0 Å². The molecular weight excluding hydrogens is 226 g/mol. The Morgan fingerprint density at radius 2 is 2.22 bits per heavy atom. The van der Waals surface area contributed by atoms with Gasteiger partial charge in [-0.3, -0.25) is 0 Å². The van der Waals surface area contributed by atoms with Crippen LogP contribution in [-0.2, 0) is 16.8 Å². The number of ether oxygens (including phenoxy) is 1. The van der Waals surface area contributed by atoms with Gasteiger partial charge in [-0.15, -0.1) is 0 Å². The molecule has 1 heterocycles. The lowest BCUT2D eigenvalue weighted by Gasteiger charge is -2.24. The van der Waals surface area contributed by atoms with Gasteiger partial charge in [0.15, 0.2) is 5.82 Å².